The zero-order valence-electron chi connectivity index (χ0n) is 16.4. The van der Waals surface area contributed by atoms with Crippen molar-refractivity contribution in [1.29, 1.82) is 0 Å². The van der Waals surface area contributed by atoms with E-state index >= 15 is 0 Å². The number of carbonyl (C=O) groups excluding carboxylic acids is 1. The first-order valence-electron chi connectivity index (χ1n) is 9.53. The fraction of sp³-hybridized carbons (Fsp3) is 0.250. The topological polar surface area (TPSA) is 51.2 Å². The fourth-order valence-corrected chi connectivity index (χ4v) is 3.02. The Morgan fingerprint density at radius 1 is 1.04 bits per heavy atom. The molecule has 1 N–H and O–H groups in total. The molecule has 0 unspecified atom stereocenters. The van der Waals surface area contributed by atoms with Gasteiger partial charge >= 0.3 is 0 Å². The summed E-state index contributed by atoms with van der Waals surface area (Å²) in [4.78, 5) is 16.2. The number of aromatic nitrogens is 1. The highest BCUT2D eigenvalue weighted by atomic mass is 16.5. The third-order valence-electron chi connectivity index (χ3n) is 4.66. The lowest BCUT2D eigenvalue weighted by atomic mass is 10.0. The van der Waals surface area contributed by atoms with Crippen LogP contribution >= 0.6 is 0 Å². The van der Waals surface area contributed by atoms with Crippen molar-refractivity contribution in [2.45, 2.75) is 39.8 Å². The Morgan fingerprint density at radius 3 is 2.57 bits per heavy atom. The van der Waals surface area contributed by atoms with Crippen LogP contribution in [-0.4, -0.2) is 10.9 Å². The summed E-state index contributed by atoms with van der Waals surface area (Å²) in [5.41, 5.74) is 5.81. The lowest BCUT2D eigenvalue weighted by Gasteiger charge is -2.09. The van der Waals surface area contributed by atoms with Crippen molar-refractivity contribution in [3.05, 3.63) is 94.8 Å². The summed E-state index contributed by atoms with van der Waals surface area (Å²) in [5.74, 6) is 0.866. The van der Waals surface area contributed by atoms with E-state index in [0.29, 0.717) is 19.6 Å². The first kappa shape index (κ1) is 19.6. The molecule has 0 bridgehead atoms. The van der Waals surface area contributed by atoms with Crippen molar-refractivity contribution in [3.8, 4) is 5.75 Å². The second-order valence-corrected chi connectivity index (χ2v) is 7.00. The van der Waals surface area contributed by atoms with Crippen molar-refractivity contribution in [2.24, 2.45) is 0 Å². The van der Waals surface area contributed by atoms with E-state index in [-0.39, 0.29) is 5.91 Å². The van der Waals surface area contributed by atoms with Crippen molar-refractivity contribution >= 4 is 5.91 Å². The van der Waals surface area contributed by atoms with Crippen LogP contribution in [0.2, 0.25) is 0 Å². The Bertz CT molecular complexity index is 906. The minimum Gasteiger partial charge on any atom is -0.489 e. The van der Waals surface area contributed by atoms with Crippen LogP contribution in [0.15, 0.2) is 67.0 Å². The smallest absolute Gasteiger partial charge is 0.220 e. The third kappa shape index (κ3) is 5.95. The Labute approximate surface area is 166 Å². The van der Waals surface area contributed by atoms with E-state index in [1.165, 1.54) is 16.7 Å². The molecule has 28 heavy (non-hydrogen) atoms. The van der Waals surface area contributed by atoms with Crippen LogP contribution in [0.4, 0.5) is 0 Å². The van der Waals surface area contributed by atoms with Crippen LogP contribution in [0.1, 0.15) is 34.2 Å². The monoisotopic (exact) mass is 374 g/mol. The SMILES string of the molecule is Cc1ccc(CCC(=O)NCc2ccc(OCc3cccnc3)cc2)c(C)c1. The average molecular weight is 374 g/mol. The number of pyridine rings is 1. The molecule has 3 rings (SSSR count). The molecule has 4 nitrogen and oxygen atoms in total. The predicted molar refractivity (Wildman–Crippen MR) is 111 cm³/mol. The lowest BCUT2D eigenvalue weighted by Crippen LogP contribution is -2.23. The minimum atomic E-state index is 0.0666. The molecule has 0 fully saturated rings. The second-order valence-electron chi connectivity index (χ2n) is 7.00. The maximum atomic E-state index is 12.2. The van der Waals surface area contributed by atoms with Gasteiger partial charge in [-0.1, -0.05) is 42.0 Å². The van der Waals surface area contributed by atoms with Crippen molar-refractivity contribution in [1.82, 2.24) is 10.3 Å². The third-order valence-corrected chi connectivity index (χ3v) is 4.66. The zero-order chi connectivity index (χ0) is 19.8. The first-order valence-corrected chi connectivity index (χ1v) is 9.53. The van der Waals surface area contributed by atoms with E-state index in [2.05, 4.69) is 42.3 Å². The number of nitrogens with zero attached hydrogens (tertiary/aromatic N) is 1. The van der Waals surface area contributed by atoms with E-state index in [0.717, 1.165) is 23.3 Å². The zero-order valence-corrected chi connectivity index (χ0v) is 16.4. The van der Waals surface area contributed by atoms with Crippen LogP contribution in [0.5, 0.6) is 5.75 Å². The molecule has 0 aliphatic carbocycles. The Kier molecular flexibility index (Phi) is 6.79. The summed E-state index contributed by atoms with van der Waals surface area (Å²) >= 11 is 0. The van der Waals surface area contributed by atoms with Gasteiger partial charge in [0.1, 0.15) is 12.4 Å². The molecule has 144 valence electrons. The summed E-state index contributed by atoms with van der Waals surface area (Å²) in [6, 6.07) is 18.0. The van der Waals surface area contributed by atoms with Gasteiger partial charge in [0, 0.05) is 30.9 Å². The highest BCUT2D eigenvalue weighted by Gasteiger charge is 2.05. The fourth-order valence-electron chi connectivity index (χ4n) is 3.02. The molecule has 0 saturated heterocycles. The molecule has 0 atom stereocenters. The van der Waals surface area contributed by atoms with Crippen LogP contribution in [0.3, 0.4) is 0 Å². The maximum absolute atomic E-state index is 12.2. The van der Waals surface area contributed by atoms with Gasteiger partial charge in [-0.15, -0.1) is 0 Å². The Morgan fingerprint density at radius 2 is 1.86 bits per heavy atom. The van der Waals surface area contributed by atoms with E-state index < -0.39 is 0 Å². The molecular weight excluding hydrogens is 348 g/mol. The van der Waals surface area contributed by atoms with E-state index in [9.17, 15) is 4.79 Å². The number of ether oxygens (including phenoxy) is 1. The molecule has 1 amide bonds. The number of aryl methyl sites for hydroxylation is 3. The van der Waals surface area contributed by atoms with Gasteiger partial charge in [0.15, 0.2) is 0 Å². The molecule has 0 aliphatic rings. The largest absolute Gasteiger partial charge is 0.489 e. The van der Waals surface area contributed by atoms with E-state index in [1.807, 2.05) is 36.4 Å². The highest BCUT2D eigenvalue weighted by molar-refractivity contribution is 5.76. The summed E-state index contributed by atoms with van der Waals surface area (Å²) in [6.07, 6.45) is 4.80. The quantitative estimate of drug-likeness (QED) is 0.630. The number of hydrogen-bond donors (Lipinski definition) is 1. The molecular formula is C24H26N2O2. The molecule has 0 aliphatic heterocycles. The minimum absolute atomic E-state index is 0.0666. The van der Waals surface area contributed by atoms with Crippen molar-refractivity contribution in [2.75, 3.05) is 0 Å². The van der Waals surface area contributed by atoms with Gasteiger partial charge in [-0.05, 0) is 55.2 Å². The number of benzene rings is 2. The van der Waals surface area contributed by atoms with E-state index in [1.54, 1.807) is 12.4 Å². The summed E-state index contributed by atoms with van der Waals surface area (Å²) in [6.45, 7) is 5.19. The highest BCUT2D eigenvalue weighted by Crippen LogP contribution is 2.15. The predicted octanol–water partition coefficient (Wildman–Crippen LogP) is 4.53. The summed E-state index contributed by atoms with van der Waals surface area (Å²) in [7, 11) is 0. The molecule has 0 spiro atoms. The average Bonchev–Trinajstić information content (AvgIpc) is 2.71. The van der Waals surface area contributed by atoms with Crippen LogP contribution in [0, 0.1) is 13.8 Å². The standard InChI is InChI=1S/C24H26N2O2/c1-18-5-8-22(19(2)14-18)9-12-24(27)26-16-20-6-10-23(11-7-20)28-17-21-4-3-13-25-15-21/h3-8,10-11,13-15H,9,12,16-17H2,1-2H3,(H,26,27). The van der Waals surface area contributed by atoms with Gasteiger partial charge in [-0.2, -0.15) is 0 Å². The molecule has 3 aromatic rings. The molecule has 1 aromatic heterocycles. The normalized spacial score (nSPS) is 10.5. The first-order chi connectivity index (χ1) is 13.6. The molecule has 0 saturated carbocycles. The summed E-state index contributed by atoms with van der Waals surface area (Å²) < 4.78 is 5.75. The van der Waals surface area contributed by atoms with Crippen LogP contribution < -0.4 is 10.1 Å². The van der Waals surface area contributed by atoms with Gasteiger partial charge < -0.3 is 10.1 Å². The number of amides is 1. The van der Waals surface area contributed by atoms with E-state index in [4.69, 9.17) is 4.74 Å². The van der Waals surface area contributed by atoms with Gasteiger partial charge in [0.25, 0.3) is 0 Å². The number of carbonyl (C=O) groups is 1. The van der Waals surface area contributed by atoms with Crippen LogP contribution in [0.25, 0.3) is 0 Å². The van der Waals surface area contributed by atoms with Crippen molar-refractivity contribution in [3.63, 3.8) is 0 Å². The van der Waals surface area contributed by atoms with Gasteiger partial charge in [0.05, 0.1) is 0 Å². The maximum Gasteiger partial charge on any atom is 0.220 e. The van der Waals surface area contributed by atoms with Gasteiger partial charge in [0.2, 0.25) is 5.91 Å². The second kappa shape index (κ2) is 9.70. The molecule has 1 heterocycles. The Hall–Kier alpha value is -3.14. The number of rotatable bonds is 8. The molecule has 2 aromatic carbocycles. The number of hydrogen-bond acceptors (Lipinski definition) is 3. The molecule has 0 radical (unpaired) electrons. The van der Waals surface area contributed by atoms with Gasteiger partial charge in [-0.25, -0.2) is 0 Å². The number of nitrogens with one attached hydrogen (secondary N) is 1. The Balaban J connectivity index is 1.42. The summed E-state index contributed by atoms with van der Waals surface area (Å²) in [5, 5.41) is 2.99. The van der Waals surface area contributed by atoms with Crippen molar-refractivity contribution < 1.29 is 9.53 Å². The lowest BCUT2D eigenvalue weighted by molar-refractivity contribution is -0.121. The van der Waals surface area contributed by atoms with Gasteiger partial charge in [-0.3, -0.25) is 9.78 Å². The van der Waals surface area contributed by atoms with Crippen LogP contribution in [-0.2, 0) is 24.4 Å². The molecule has 4 heteroatoms.